The molecule has 1 saturated carbocycles. The van der Waals surface area contributed by atoms with Crippen molar-refractivity contribution >= 4 is 27.5 Å². The first-order valence-electron chi connectivity index (χ1n) is 6.23. The van der Waals surface area contributed by atoms with Crippen molar-refractivity contribution in [2.24, 2.45) is 11.3 Å². The van der Waals surface area contributed by atoms with Crippen LogP contribution >= 0.6 is 27.5 Å². The predicted octanol–water partition coefficient (Wildman–Crippen LogP) is 4.87. The minimum atomic E-state index is 0.452. The topological polar surface area (TPSA) is 12.9 Å². The van der Waals surface area contributed by atoms with Crippen molar-refractivity contribution < 1.29 is 0 Å². The molecule has 1 nitrogen and oxygen atoms in total. The maximum absolute atomic E-state index is 6.16. The minimum absolute atomic E-state index is 0.452. The van der Waals surface area contributed by atoms with E-state index in [1.807, 2.05) is 12.3 Å². The van der Waals surface area contributed by atoms with Gasteiger partial charge in [-0.2, -0.15) is 0 Å². The van der Waals surface area contributed by atoms with Gasteiger partial charge < -0.3 is 0 Å². The lowest BCUT2D eigenvalue weighted by Crippen LogP contribution is -2.27. The standard InChI is InChI=1S/C14H19BrClN/c1-14(2)6-3-4-11(14)12(15)8-10-5-7-17-9-13(10)16/h5,7,9,11-12H,3-4,6,8H2,1-2H3. The van der Waals surface area contributed by atoms with Crippen molar-refractivity contribution in [1.82, 2.24) is 4.98 Å². The average Bonchev–Trinajstić information content (AvgIpc) is 2.61. The van der Waals surface area contributed by atoms with Crippen molar-refractivity contribution in [3.8, 4) is 0 Å². The summed E-state index contributed by atoms with van der Waals surface area (Å²) >= 11 is 10.0. The van der Waals surface area contributed by atoms with Crippen LogP contribution in [0.4, 0.5) is 0 Å². The molecule has 1 aliphatic carbocycles. The van der Waals surface area contributed by atoms with Crippen molar-refractivity contribution in [2.45, 2.75) is 44.4 Å². The molecule has 1 aromatic heterocycles. The zero-order valence-electron chi connectivity index (χ0n) is 10.4. The van der Waals surface area contributed by atoms with Crippen molar-refractivity contribution in [2.75, 3.05) is 0 Å². The number of nitrogens with zero attached hydrogens (tertiary/aromatic N) is 1. The Labute approximate surface area is 117 Å². The highest BCUT2D eigenvalue weighted by atomic mass is 79.9. The van der Waals surface area contributed by atoms with Gasteiger partial charge in [0.2, 0.25) is 0 Å². The van der Waals surface area contributed by atoms with E-state index in [0.29, 0.717) is 10.2 Å². The normalized spacial score (nSPS) is 24.8. The SMILES string of the molecule is CC1(C)CCCC1C(Br)Cc1ccncc1Cl. The van der Waals surface area contributed by atoms with Crippen LogP contribution in [0, 0.1) is 11.3 Å². The summed E-state index contributed by atoms with van der Waals surface area (Å²) in [4.78, 5) is 4.54. The molecule has 17 heavy (non-hydrogen) atoms. The van der Waals surface area contributed by atoms with Gasteiger partial charge in [-0.3, -0.25) is 4.98 Å². The third-order valence-corrected chi connectivity index (χ3v) is 5.35. The maximum atomic E-state index is 6.16. The second kappa shape index (κ2) is 5.27. The number of hydrogen-bond donors (Lipinski definition) is 0. The lowest BCUT2D eigenvalue weighted by Gasteiger charge is -2.31. The molecule has 1 aromatic rings. The Kier molecular flexibility index (Phi) is 4.14. The van der Waals surface area contributed by atoms with Crippen LogP contribution in [0.25, 0.3) is 0 Å². The largest absolute Gasteiger partial charge is 0.263 e. The van der Waals surface area contributed by atoms with E-state index in [4.69, 9.17) is 11.6 Å². The van der Waals surface area contributed by atoms with Gasteiger partial charge in [-0.25, -0.2) is 0 Å². The van der Waals surface area contributed by atoms with Gasteiger partial charge in [0.25, 0.3) is 0 Å². The highest BCUT2D eigenvalue weighted by molar-refractivity contribution is 9.09. The molecule has 0 saturated heterocycles. The Morgan fingerprint density at radius 2 is 2.35 bits per heavy atom. The summed E-state index contributed by atoms with van der Waals surface area (Å²) in [6.45, 7) is 4.76. The van der Waals surface area contributed by atoms with Crippen LogP contribution in [0.5, 0.6) is 0 Å². The van der Waals surface area contributed by atoms with E-state index >= 15 is 0 Å². The summed E-state index contributed by atoms with van der Waals surface area (Å²) in [5.74, 6) is 0.742. The lowest BCUT2D eigenvalue weighted by atomic mass is 9.79. The molecule has 0 bridgehead atoms. The van der Waals surface area contributed by atoms with Crippen molar-refractivity contribution in [1.29, 1.82) is 0 Å². The molecule has 2 unspecified atom stereocenters. The molecule has 1 fully saturated rings. The Morgan fingerprint density at radius 3 is 2.94 bits per heavy atom. The molecule has 1 heterocycles. The highest BCUT2D eigenvalue weighted by Crippen LogP contribution is 2.47. The van der Waals surface area contributed by atoms with Crippen LogP contribution in [0.2, 0.25) is 5.02 Å². The van der Waals surface area contributed by atoms with Crippen LogP contribution < -0.4 is 0 Å². The molecule has 2 atom stereocenters. The first-order chi connectivity index (χ1) is 8.00. The maximum Gasteiger partial charge on any atom is 0.0621 e. The fourth-order valence-corrected chi connectivity index (χ4v) is 4.47. The number of pyridine rings is 1. The molecular formula is C14H19BrClN. The zero-order valence-corrected chi connectivity index (χ0v) is 12.8. The van der Waals surface area contributed by atoms with Gasteiger partial charge >= 0.3 is 0 Å². The quantitative estimate of drug-likeness (QED) is 0.725. The summed E-state index contributed by atoms with van der Waals surface area (Å²) in [5.41, 5.74) is 1.65. The van der Waals surface area contributed by atoms with E-state index in [0.717, 1.165) is 17.4 Å². The molecular weight excluding hydrogens is 298 g/mol. The Balaban J connectivity index is 2.07. The van der Waals surface area contributed by atoms with Crippen LogP contribution in [0.1, 0.15) is 38.7 Å². The van der Waals surface area contributed by atoms with E-state index in [1.165, 1.54) is 24.8 Å². The molecule has 0 spiro atoms. The third kappa shape index (κ3) is 3.03. The van der Waals surface area contributed by atoms with Crippen LogP contribution in [0.3, 0.4) is 0 Å². The molecule has 0 aromatic carbocycles. The summed E-state index contributed by atoms with van der Waals surface area (Å²) in [7, 11) is 0. The molecule has 0 radical (unpaired) electrons. The van der Waals surface area contributed by atoms with Gasteiger partial charge in [-0.15, -0.1) is 0 Å². The molecule has 0 N–H and O–H groups in total. The lowest BCUT2D eigenvalue weighted by molar-refractivity contribution is 0.255. The van der Waals surface area contributed by atoms with E-state index in [9.17, 15) is 0 Å². The molecule has 3 heteroatoms. The second-order valence-corrected chi connectivity index (χ2v) is 7.26. The predicted molar refractivity (Wildman–Crippen MR) is 76.8 cm³/mol. The summed E-state index contributed by atoms with van der Waals surface area (Å²) in [6.07, 6.45) is 8.56. The Bertz CT molecular complexity index is 392. The Hall–Kier alpha value is -0.0800. The van der Waals surface area contributed by atoms with Crippen LogP contribution in [0.15, 0.2) is 18.5 Å². The van der Waals surface area contributed by atoms with Gasteiger partial charge in [0.1, 0.15) is 0 Å². The molecule has 0 aliphatic heterocycles. The second-order valence-electron chi connectivity index (χ2n) is 5.67. The summed E-state index contributed by atoms with van der Waals surface area (Å²) < 4.78 is 0. The highest BCUT2D eigenvalue weighted by Gasteiger charge is 2.38. The molecule has 0 amide bonds. The summed E-state index contributed by atoms with van der Waals surface area (Å²) in [5, 5.41) is 0.785. The first kappa shape index (κ1) is 13.4. The summed E-state index contributed by atoms with van der Waals surface area (Å²) in [6, 6.07) is 2.03. The number of aromatic nitrogens is 1. The number of rotatable bonds is 3. The molecule has 1 aliphatic rings. The molecule has 2 rings (SSSR count). The zero-order chi connectivity index (χ0) is 12.5. The monoisotopic (exact) mass is 315 g/mol. The van der Waals surface area contributed by atoms with Crippen molar-refractivity contribution in [3.05, 3.63) is 29.0 Å². The van der Waals surface area contributed by atoms with Gasteiger partial charge in [0.05, 0.1) is 5.02 Å². The number of hydrogen-bond acceptors (Lipinski definition) is 1. The Morgan fingerprint density at radius 1 is 1.59 bits per heavy atom. The number of alkyl halides is 1. The van der Waals surface area contributed by atoms with Crippen molar-refractivity contribution in [3.63, 3.8) is 0 Å². The van der Waals surface area contributed by atoms with E-state index in [1.54, 1.807) is 6.20 Å². The van der Waals surface area contributed by atoms with Gasteiger partial charge in [-0.1, -0.05) is 47.8 Å². The van der Waals surface area contributed by atoms with Gasteiger partial charge in [0, 0.05) is 17.2 Å². The fraction of sp³-hybridized carbons (Fsp3) is 0.643. The van der Waals surface area contributed by atoms with Crippen LogP contribution in [-0.2, 0) is 6.42 Å². The smallest absolute Gasteiger partial charge is 0.0621 e. The average molecular weight is 317 g/mol. The van der Waals surface area contributed by atoms with Crippen LogP contribution in [-0.4, -0.2) is 9.81 Å². The van der Waals surface area contributed by atoms with E-state index < -0.39 is 0 Å². The van der Waals surface area contributed by atoms with Gasteiger partial charge in [0.15, 0.2) is 0 Å². The number of halogens is 2. The van der Waals surface area contributed by atoms with Gasteiger partial charge in [-0.05, 0) is 42.2 Å². The van der Waals surface area contributed by atoms with E-state index in [2.05, 4.69) is 34.8 Å². The first-order valence-corrected chi connectivity index (χ1v) is 7.52. The van der Waals surface area contributed by atoms with E-state index in [-0.39, 0.29) is 0 Å². The fourth-order valence-electron chi connectivity index (χ4n) is 2.95. The minimum Gasteiger partial charge on any atom is -0.263 e. The third-order valence-electron chi connectivity index (χ3n) is 4.05. The molecule has 94 valence electrons.